The Hall–Kier alpha value is -1.75. The number of benzene rings is 1. The first-order chi connectivity index (χ1) is 10.2. The van der Waals surface area contributed by atoms with Gasteiger partial charge in [0.1, 0.15) is 11.5 Å². The number of hydrogen-bond donors (Lipinski definition) is 1. The van der Waals surface area contributed by atoms with Gasteiger partial charge in [0, 0.05) is 24.6 Å². The van der Waals surface area contributed by atoms with Gasteiger partial charge in [-0.2, -0.15) is 0 Å². The summed E-state index contributed by atoms with van der Waals surface area (Å²) in [6.07, 6.45) is 1.04. The minimum absolute atomic E-state index is 0.288. The second kappa shape index (κ2) is 7.88. The van der Waals surface area contributed by atoms with Crippen molar-refractivity contribution in [1.29, 1.82) is 0 Å². The van der Waals surface area contributed by atoms with E-state index in [1.54, 1.807) is 0 Å². The lowest BCUT2D eigenvalue weighted by atomic mass is 10.1. The Kier molecular flexibility index (Phi) is 5.87. The molecule has 1 unspecified atom stereocenters. The summed E-state index contributed by atoms with van der Waals surface area (Å²) in [7, 11) is 0. The largest absolute Gasteiger partial charge is 0.493 e. The van der Waals surface area contributed by atoms with Gasteiger partial charge in [-0.05, 0) is 19.0 Å². The molecule has 0 amide bonds. The molecular weight excluding hydrogens is 270 g/mol. The van der Waals surface area contributed by atoms with Crippen molar-refractivity contribution in [3.8, 4) is 11.5 Å². The summed E-state index contributed by atoms with van der Waals surface area (Å²) in [4.78, 5) is 11.6. The van der Waals surface area contributed by atoms with Gasteiger partial charge in [0.2, 0.25) is 0 Å². The number of rotatable bonds is 8. The smallest absolute Gasteiger partial charge is 0.347 e. The summed E-state index contributed by atoms with van der Waals surface area (Å²) in [5.74, 6) is 1.16. The van der Waals surface area contributed by atoms with Gasteiger partial charge in [-0.25, -0.2) is 4.79 Å². The molecule has 1 aliphatic rings. The van der Waals surface area contributed by atoms with Crippen LogP contribution in [0.2, 0.25) is 0 Å². The van der Waals surface area contributed by atoms with E-state index in [0.717, 1.165) is 24.3 Å². The third-order valence-corrected chi connectivity index (χ3v) is 3.23. The fourth-order valence-electron chi connectivity index (χ4n) is 2.10. The summed E-state index contributed by atoms with van der Waals surface area (Å²) in [6.45, 7) is 6.77. The number of carbonyl (C=O) groups is 1. The molecule has 1 fully saturated rings. The van der Waals surface area contributed by atoms with E-state index in [1.807, 2.05) is 25.1 Å². The Morgan fingerprint density at radius 1 is 1.38 bits per heavy atom. The number of carbonyl (C=O) groups excluding carboxylic acids is 1. The zero-order valence-electron chi connectivity index (χ0n) is 12.7. The van der Waals surface area contributed by atoms with Crippen LogP contribution in [0.5, 0.6) is 11.5 Å². The highest BCUT2D eigenvalue weighted by Gasteiger charge is 2.29. The maximum Gasteiger partial charge on any atom is 0.347 e. The van der Waals surface area contributed by atoms with Gasteiger partial charge in [0.05, 0.1) is 13.2 Å². The van der Waals surface area contributed by atoms with Gasteiger partial charge in [-0.15, -0.1) is 0 Å². The molecule has 0 aliphatic carbocycles. The predicted octanol–water partition coefficient (Wildman–Crippen LogP) is 2.28. The van der Waals surface area contributed by atoms with E-state index in [2.05, 4.69) is 12.2 Å². The number of cyclic esters (lactones) is 1. The molecule has 5 nitrogen and oxygen atoms in total. The second-order valence-corrected chi connectivity index (χ2v) is 4.96. The van der Waals surface area contributed by atoms with Crippen LogP contribution in [-0.2, 0) is 16.1 Å². The van der Waals surface area contributed by atoms with E-state index in [4.69, 9.17) is 14.2 Å². The van der Waals surface area contributed by atoms with E-state index in [1.165, 1.54) is 0 Å². The molecule has 1 aromatic carbocycles. The van der Waals surface area contributed by atoms with Crippen molar-refractivity contribution in [2.75, 3.05) is 19.8 Å². The van der Waals surface area contributed by atoms with Crippen LogP contribution in [0.1, 0.15) is 32.3 Å². The van der Waals surface area contributed by atoms with E-state index in [-0.39, 0.29) is 5.97 Å². The third kappa shape index (κ3) is 4.36. The Morgan fingerprint density at radius 2 is 2.24 bits per heavy atom. The molecule has 1 N–H and O–H groups in total. The van der Waals surface area contributed by atoms with Crippen LogP contribution in [0.3, 0.4) is 0 Å². The second-order valence-electron chi connectivity index (χ2n) is 4.96. The average Bonchev–Trinajstić information content (AvgIpc) is 2.89. The summed E-state index contributed by atoms with van der Waals surface area (Å²) in [5, 5.41) is 3.27. The lowest BCUT2D eigenvalue weighted by Gasteiger charge is -2.16. The Labute approximate surface area is 125 Å². The van der Waals surface area contributed by atoms with Gasteiger partial charge >= 0.3 is 5.97 Å². The molecule has 1 aromatic rings. The predicted molar refractivity (Wildman–Crippen MR) is 79.6 cm³/mol. The monoisotopic (exact) mass is 293 g/mol. The van der Waals surface area contributed by atoms with E-state index >= 15 is 0 Å². The van der Waals surface area contributed by atoms with E-state index < -0.39 is 6.10 Å². The fourth-order valence-corrected chi connectivity index (χ4v) is 2.10. The van der Waals surface area contributed by atoms with Gasteiger partial charge in [0.15, 0.2) is 6.10 Å². The molecule has 21 heavy (non-hydrogen) atoms. The molecule has 0 saturated carbocycles. The average molecular weight is 293 g/mol. The highest BCUT2D eigenvalue weighted by atomic mass is 16.6. The minimum atomic E-state index is -0.508. The van der Waals surface area contributed by atoms with Crippen molar-refractivity contribution in [1.82, 2.24) is 5.32 Å². The zero-order chi connectivity index (χ0) is 15.1. The maximum atomic E-state index is 11.6. The summed E-state index contributed by atoms with van der Waals surface area (Å²) in [6, 6.07) is 5.76. The minimum Gasteiger partial charge on any atom is -0.493 e. The van der Waals surface area contributed by atoms with Crippen LogP contribution in [0.25, 0.3) is 0 Å². The molecule has 1 atom stereocenters. The molecule has 5 heteroatoms. The Morgan fingerprint density at radius 3 is 2.90 bits per heavy atom. The summed E-state index contributed by atoms with van der Waals surface area (Å²) in [5.41, 5.74) is 1.01. The van der Waals surface area contributed by atoms with Crippen molar-refractivity contribution >= 4 is 5.97 Å². The number of hydrogen-bond acceptors (Lipinski definition) is 5. The third-order valence-electron chi connectivity index (χ3n) is 3.23. The fraction of sp³-hybridized carbons (Fsp3) is 0.562. The normalized spacial score (nSPS) is 17.6. The first kappa shape index (κ1) is 15.6. The Bertz CT molecular complexity index is 475. The van der Waals surface area contributed by atoms with Crippen molar-refractivity contribution in [3.05, 3.63) is 23.8 Å². The van der Waals surface area contributed by atoms with Crippen molar-refractivity contribution < 1.29 is 19.0 Å². The molecule has 1 heterocycles. The van der Waals surface area contributed by atoms with Crippen LogP contribution in [0.4, 0.5) is 0 Å². The highest BCUT2D eigenvalue weighted by molar-refractivity contribution is 5.76. The van der Waals surface area contributed by atoms with Crippen LogP contribution >= 0.6 is 0 Å². The first-order valence-corrected chi connectivity index (χ1v) is 7.54. The molecule has 0 bridgehead atoms. The van der Waals surface area contributed by atoms with Gasteiger partial charge < -0.3 is 19.5 Å². The SMILES string of the molecule is CCCOc1ccc(CNCC)c(OC2CCOC2=O)c1. The summed E-state index contributed by atoms with van der Waals surface area (Å²) < 4.78 is 16.4. The quantitative estimate of drug-likeness (QED) is 0.745. The maximum absolute atomic E-state index is 11.6. The highest BCUT2D eigenvalue weighted by Crippen LogP contribution is 2.27. The van der Waals surface area contributed by atoms with Crippen molar-refractivity contribution in [2.24, 2.45) is 0 Å². The molecule has 0 radical (unpaired) electrons. The molecule has 116 valence electrons. The van der Waals surface area contributed by atoms with Crippen LogP contribution < -0.4 is 14.8 Å². The molecule has 0 aromatic heterocycles. The van der Waals surface area contributed by atoms with Gasteiger partial charge in [-0.1, -0.05) is 19.9 Å². The molecular formula is C16H23NO4. The van der Waals surface area contributed by atoms with Crippen molar-refractivity contribution in [2.45, 2.75) is 39.3 Å². The van der Waals surface area contributed by atoms with Crippen molar-refractivity contribution in [3.63, 3.8) is 0 Å². The van der Waals surface area contributed by atoms with Crippen LogP contribution in [0, 0.1) is 0 Å². The van der Waals surface area contributed by atoms with Crippen LogP contribution in [-0.4, -0.2) is 31.8 Å². The lowest BCUT2D eigenvalue weighted by Crippen LogP contribution is -2.23. The molecule has 1 aliphatic heterocycles. The zero-order valence-corrected chi connectivity index (χ0v) is 12.7. The first-order valence-electron chi connectivity index (χ1n) is 7.54. The standard InChI is InChI=1S/C16H23NO4/c1-3-8-19-13-6-5-12(11-17-4-2)15(10-13)21-14-7-9-20-16(14)18/h5-6,10,14,17H,3-4,7-9,11H2,1-2H3. The molecule has 0 spiro atoms. The lowest BCUT2D eigenvalue weighted by molar-refractivity contribution is -0.143. The molecule has 1 saturated heterocycles. The Balaban J connectivity index is 2.13. The van der Waals surface area contributed by atoms with E-state index in [0.29, 0.717) is 31.9 Å². The molecule has 2 rings (SSSR count). The summed E-state index contributed by atoms with van der Waals surface area (Å²) >= 11 is 0. The van der Waals surface area contributed by atoms with E-state index in [9.17, 15) is 4.79 Å². The topological polar surface area (TPSA) is 56.8 Å². The number of esters is 1. The van der Waals surface area contributed by atoms with Crippen LogP contribution in [0.15, 0.2) is 18.2 Å². The number of ether oxygens (including phenoxy) is 3. The van der Waals surface area contributed by atoms with Gasteiger partial charge in [-0.3, -0.25) is 0 Å². The van der Waals surface area contributed by atoms with Gasteiger partial charge in [0.25, 0.3) is 0 Å². The number of nitrogens with one attached hydrogen (secondary N) is 1.